The zero-order valence-corrected chi connectivity index (χ0v) is 10.7. The van der Waals surface area contributed by atoms with Crippen LogP contribution in [0.4, 0.5) is 5.82 Å². The van der Waals surface area contributed by atoms with E-state index in [-0.39, 0.29) is 0 Å². The van der Waals surface area contributed by atoms with E-state index in [1.807, 2.05) is 35.9 Å². The molecule has 4 nitrogen and oxygen atoms in total. The molecule has 0 aliphatic heterocycles. The number of nitrogens with two attached hydrogens (primary N) is 1. The van der Waals surface area contributed by atoms with Crippen LogP contribution in [0.2, 0.25) is 0 Å². The fraction of sp³-hybridized carbons (Fsp3) is 0.357. The smallest absolute Gasteiger partial charge is 0.131 e. The van der Waals surface area contributed by atoms with E-state index in [1.54, 1.807) is 7.11 Å². The third kappa shape index (κ3) is 1.74. The number of methoxy groups -OCH3 is 1. The monoisotopic (exact) mass is 243 g/mol. The van der Waals surface area contributed by atoms with Gasteiger partial charge in [-0.1, -0.05) is 0 Å². The summed E-state index contributed by atoms with van der Waals surface area (Å²) in [5, 5.41) is 0. The minimum Gasteiger partial charge on any atom is -0.497 e. The van der Waals surface area contributed by atoms with Gasteiger partial charge in [0.15, 0.2) is 0 Å². The third-order valence-corrected chi connectivity index (χ3v) is 3.48. The highest BCUT2D eigenvalue weighted by Crippen LogP contribution is 2.41. The lowest BCUT2D eigenvalue weighted by Crippen LogP contribution is -2.00. The molecule has 1 aliphatic rings. The summed E-state index contributed by atoms with van der Waals surface area (Å²) in [5.74, 6) is 3.29. The van der Waals surface area contributed by atoms with Crippen LogP contribution >= 0.6 is 0 Å². The number of hydrogen-bond donors (Lipinski definition) is 1. The molecule has 2 aromatic rings. The molecule has 18 heavy (non-hydrogen) atoms. The van der Waals surface area contributed by atoms with Crippen molar-refractivity contribution in [1.82, 2.24) is 9.55 Å². The summed E-state index contributed by atoms with van der Waals surface area (Å²) in [6.07, 6.45) is 2.46. The van der Waals surface area contributed by atoms with Gasteiger partial charge in [0.1, 0.15) is 23.1 Å². The molecule has 94 valence electrons. The quantitative estimate of drug-likeness (QED) is 0.901. The Kier molecular flexibility index (Phi) is 2.51. The van der Waals surface area contributed by atoms with E-state index in [0.717, 1.165) is 28.6 Å². The van der Waals surface area contributed by atoms with Gasteiger partial charge in [0.25, 0.3) is 0 Å². The Balaban J connectivity index is 2.02. The molecule has 0 radical (unpaired) electrons. The molecule has 2 N–H and O–H groups in total. The van der Waals surface area contributed by atoms with Gasteiger partial charge in [0.05, 0.1) is 7.11 Å². The fourth-order valence-electron chi connectivity index (χ4n) is 2.20. The molecule has 3 rings (SSSR count). The lowest BCUT2D eigenvalue weighted by atomic mass is 10.1. The Bertz CT molecular complexity index is 567. The van der Waals surface area contributed by atoms with E-state index >= 15 is 0 Å². The van der Waals surface area contributed by atoms with Crippen molar-refractivity contribution in [2.24, 2.45) is 7.05 Å². The van der Waals surface area contributed by atoms with Gasteiger partial charge in [-0.05, 0) is 37.1 Å². The molecule has 0 bridgehead atoms. The molecule has 1 saturated carbocycles. The molecule has 1 aliphatic carbocycles. The highest BCUT2D eigenvalue weighted by molar-refractivity contribution is 5.71. The molecule has 1 fully saturated rings. The lowest BCUT2D eigenvalue weighted by Gasteiger charge is -2.02. The van der Waals surface area contributed by atoms with Crippen LogP contribution in [-0.2, 0) is 7.05 Å². The summed E-state index contributed by atoms with van der Waals surface area (Å²) in [7, 11) is 3.65. The average Bonchev–Trinajstić information content (AvgIpc) is 3.19. The number of benzene rings is 1. The van der Waals surface area contributed by atoms with Crippen molar-refractivity contribution in [3.63, 3.8) is 0 Å². The Morgan fingerprint density at radius 3 is 2.50 bits per heavy atom. The maximum absolute atomic E-state index is 6.14. The molecular weight excluding hydrogens is 226 g/mol. The summed E-state index contributed by atoms with van der Waals surface area (Å²) in [6, 6.07) is 7.85. The number of rotatable bonds is 3. The number of hydrogen-bond acceptors (Lipinski definition) is 3. The van der Waals surface area contributed by atoms with Gasteiger partial charge in [0.2, 0.25) is 0 Å². The molecular formula is C14H17N3O. The summed E-state index contributed by atoms with van der Waals surface area (Å²) in [4.78, 5) is 4.69. The van der Waals surface area contributed by atoms with Crippen LogP contribution in [0.25, 0.3) is 11.3 Å². The van der Waals surface area contributed by atoms with E-state index in [9.17, 15) is 0 Å². The minimum atomic E-state index is 0.601. The molecule has 0 saturated heterocycles. The second-order valence-electron chi connectivity index (χ2n) is 4.77. The predicted octanol–water partition coefficient (Wildman–Crippen LogP) is 2.56. The van der Waals surface area contributed by atoms with Crippen LogP contribution in [0.1, 0.15) is 24.6 Å². The molecule has 1 aromatic heterocycles. The summed E-state index contributed by atoms with van der Waals surface area (Å²) in [6.45, 7) is 0. The highest BCUT2D eigenvalue weighted by atomic mass is 16.5. The van der Waals surface area contributed by atoms with Gasteiger partial charge in [-0.15, -0.1) is 0 Å². The molecule has 1 aromatic carbocycles. The summed E-state index contributed by atoms with van der Waals surface area (Å²) in [5.41, 5.74) is 8.06. The van der Waals surface area contributed by atoms with Crippen molar-refractivity contribution in [1.29, 1.82) is 0 Å². The fourth-order valence-corrected chi connectivity index (χ4v) is 2.20. The van der Waals surface area contributed by atoms with Gasteiger partial charge < -0.3 is 15.0 Å². The topological polar surface area (TPSA) is 53.1 Å². The first kappa shape index (κ1) is 11.1. The maximum Gasteiger partial charge on any atom is 0.131 e. The van der Waals surface area contributed by atoms with E-state index in [2.05, 4.69) is 0 Å². The van der Waals surface area contributed by atoms with Crippen molar-refractivity contribution in [2.75, 3.05) is 12.8 Å². The number of nitrogens with zero attached hydrogens (tertiary/aromatic N) is 2. The third-order valence-electron chi connectivity index (χ3n) is 3.48. The van der Waals surface area contributed by atoms with Crippen LogP contribution in [0.5, 0.6) is 5.75 Å². The van der Waals surface area contributed by atoms with Gasteiger partial charge in [0, 0.05) is 18.5 Å². The van der Waals surface area contributed by atoms with Crippen molar-refractivity contribution >= 4 is 5.82 Å². The van der Waals surface area contributed by atoms with Crippen LogP contribution < -0.4 is 10.5 Å². The van der Waals surface area contributed by atoms with Crippen LogP contribution in [0.3, 0.4) is 0 Å². The largest absolute Gasteiger partial charge is 0.497 e. The predicted molar refractivity (Wildman–Crippen MR) is 71.6 cm³/mol. The Morgan fingerprint density at radius 2 is 1.94 bits per heavy atom. The molecule has 1 heterocycles. The van der Waals surface area contributed by atoms with Gasteiger partial charge >= 0.3 is 0 Å². The van der Waals surface area contributed by atoms with Gasteiger partial charge in [-0.2, -0.15) is 0 Å². The summed E-state index contributed by atoms with van der Waals surface area (Å²) < 4.78 is 7.17. The Morgan fingerprint density at radius 1 is 1.28 bits per heavy atom. The van der Waals surface area contributed by atoms with Crippen LogP contribution in [0, 0.1) is 0 Å². The minimum absolute atomic E-state index is 0.601. The lowest BCUT2D eigenvalue weighted by molar-refractivity contribution is 0.415. The van der Waals surface area contributed by atoms with Crippen molar-refractivity contribution in [3.05, 3.63) is 30.1 Å². The Hall–Kier alpha value is -1.97. The second kappa shape index (κ2) is 4.05. The molecule has 0 spiro atoms. The second-order valence-corrected chi connectivity index (χ2v) is 4.77. The Labute approximate surface area is 106 Å². The first-order valence-electron chi connectivity index (χ1n) is 6.17. The number of anilines is 1. The van der Waals surface area contributed by atoms with Crippen molar-refractivity contribution < 1.29 is 4.74 Å². The molecule has 0 amide bonds. The number of aromatic nitrogens is 2. The average molecular weight is 243 g/mol. The van der Waals surface area contributed by atoms with E-state index in [1.165, 1.54) is 12.8 Å². The highest BCUT2D eigenvalue weighted by Gasteiger charge is 2.29. The first-order valence-corrected chi connectivity index (χ1v) is 6.17. The molecule has 4 heteroatoms. The normalized spacial score (nSPS) is 14.8. The standard InChI is InChI=1S/C14H17N3O/c1-17-13(15)12(16-14(17)10-3-4-10)9-5-7-11(18-2)8-6-9/h5-8,10H,3-4,15H2,1-2H3. The SMILES string of the molecule is COc1ccc(-c2nc(C3CC3)n(C)c2N)cc1. The number of imidazole rings is 1. The maximum atomic E-state index is 6.14. The first-order chi connectivity index (χ1) is 8.70. The molecule has 0 unspecified atom stereocenters. The van der Waals surface area contributed by atoms with Crippen LogP contribution in [-0.4, -0.2) is 16.7 Å². The zero-order valence-electron chi connectivity index (χ0n) is 10.7. The van der Waals surface area contributed by atoms with Crippen LogP contribution in [0.15, 0.2) is 24.3 Å². The molecule has 0 atom stereocenters. The van der Waals surface area contributed by atoms with E-state index < -0.39 is 0 Å². The summed E-state index contributed by atoms with van der Waals surface area (Å²) >= 11 is 0. The van der Waals surface area contributed by atoms with Crippen molar-refractivity contribution in [3.8, 4) is 17.0 Å². The van der Waals surface area contributed by atoms with Crippen molar-refractivity contribution in [2.45, 2.75) is 18.8 Å². The van der Waals surface area contributed by atoms with E-state index in [4.69, 9.17) is 15.5 Å². The number of nitrogen functional groups attached to an aromatic ring is 1. The van der Waals surface area contributed by atoms with E-state index in [0.29, 0.717) is 5.92 Å². The zero-order chi connectivity index (χ0) is 12.7. The van der Waals surface area contributed by atoms with Gasteiger partial charge in [-0.3, -0.25) is 0 Å². The van der Waals surface area contributed by atoms with Gasteiger partial charge in [-0.25, -0.2) is 4.98 Å². The number of ether oxygens (including phenoxy) is 1.